The molecule has 0 saturated carbocycles. The Balaban J connectivity index is 1.87. The summed E-state index contributed by atoms with van der Waals surface area (Å²) >= 11 is 0. The summed E-state index contributed by atoms with van der Waals surface area (Å²) in [5.41, 5.74) is 1.74. The molecule has 0 bridgehead atoms. The lowest BCUT2D eigenvalue weighted by atomic mass is 10.2. The van der Waals surface area contributed by atoms with Crippen molar-refractivity contribution in [1.29, 1.82) is 0 Å². The molecule has 20 heavy (non-hydrogen) atoms. The quantitative estimate of drug-likeness (QED) is 0.818. The lowest BCUT2D eigenvalue weighted by molar-refractivity contribution is -0.305. The van der Waals surface area contributed by atoms with Crippen molar-refractivity contribution in [2.24, 2.45) is 0 Å². The first kappa shape index (κ1) is 14.3. The highest BCUT2D eigenvalue weighted by atomic mass is 16.5. The van der Waals surface area contributed by atoms with Crippen LogP contribution in [0, 0.1) is 0 Å². The van der Waals surface area contributed by atoms with E-state index in [4.69, 9.17) is 4.74 Å². The van der Waals surface area contributed by atoms with E-state index in [1.54, 1.807) is 0 Å². The third-order valence-electron chi connectivity index (χ3n) is 3.08. The second-order valence-electron chi connectivity index (χ2n) is 4.57. The molecule has 1 heterocycles. The Morgan fingerprint density at radius 2 is 1.80 bits per heavy atom. The molecule has 1 amide bonds. The zero-order chi connectivity index (χ0) is 14.4. The van der Waals surface area contributed by atoms with Crippen molar-refractivity contribution in [1.82, 2.24) is 0 Å². The minimum atomic E-state index is -1.22. The number of hydrogen-bond acceptors (Lipinski definition) is 5. The van der Waals surface area contributed by atoms with Gasteiger partial charge in [-0.15, -0.1) is 0 Å². The molecule has 1 saturated heterocycles. The fourth-order valence-electron chi connectivity index (χ4n) is 2.02. The smallest absolute Gasteiger partial charge is 0.224 e. The highest BCUT2D eigenvalue weighted by Gasteiger charge is 2.11. The summed E-state index contributed by atoms with van der Waals surface area (Å²) in [7, 11) is 0. The van der Waals surface area contributed by atoms with Crippen LogP contribution >= 0.6 is 0 Å². The Hall–Kier alpha value is -2.08. The van der Waals surface area contributed by atoms with Gasteiger partial charge in [0.1, 0.15) is 0 Å². The number of hydrogen-bond donors (Lipinski definition) is 1. The Bertz CT molecular complexity index is 467. The Labute approximate surface area is 117 Å². The first-order valence-corrected chi connectivity index (χ1v) is 6.57. The van der Waals surface area contributed by atoms with Crippen molar-refractivity contribution in [2.75, 3.05) is 36.5 Å². The van der Waals surface area contributed by atoms with E-state index in [1.165, 1.54) is 0 Å². The summed E-state index contributed by atoms with van der Waals surface area (Å²) < 4.78 is 5.29. The Morgan fingerprint density at radius 3 is 2.40 bits per heavy atom. The number of carbonyl (C=O) groups is 2. The van der Waals surface area contributed by atoms with Gasteiger partial charge in [-0.05, 0) is 30.7 Å². The van der Waals surface area contributed by atoms with Crippen LogP contribution < -0.4 is 15.3 Å². The molecule has 0 atom stereocenters. The summed E-state index contributed by atoms with van der Waals surface area (Å²) in [5, 5.41) is 12.9. The number of ether oxygens (including phenoxy) is 1. The van der Waals surface area contributed by atoms with E-state index in [9.17, 15) is 14.7 Å². The van der Waals surface area contributed by atoms with Crippen LogP contribution in [0.5, 0.6) is 0 Å². The van der Waals surface area contributed by atoms with Gasteiger partial charge in [0.15, 0.2) is 0 Å². The van der Waals surface area contributed by atoms with Crippen LogP contribution in [0.25, 0.3) is 0 Å². The van der Waals surface area contributed by atoms with E-state index < -0.39 is 5.97 Å². The zero-order valence-electron chi connectivity index (χ0n) is 11.1. The van der Waals surface area contributed by atoms with E-state index in [0.29, 0.717) is 5.69 Å². The molecule has 1 aliphatic rings. The number of rotatable bonds is 5. The predicted molar refractivity (Wildman–Crippen MR) is 72.3 cm³/mol. The summed E-state index contributed by atoms with van der Waals surface area (Å²) in [6, 6.07) is 7.47. The van der Waals surface area contributed by atoms with Crippen molar-refractivity contribution in [2.45, 2.75) is 12.8 Å². The maximum Gasteiger partial charge on any atom is 0.224 e. The summed E-state index contributed by atoms with van der Waals surface area (Å²) in [4.78, 5) is 24.0. The van der Waals surface area contributed by atoms with Gasteiger partial charge in [0, 0.05) is 36.9 Å². The molecule has 0 spiro atoms. The van der Waals surface area contributed by atoms with Crippen molar-refractivity contribution in [3.8, 4) is 0 Å². The first-order valence-electron chi connectivity index (χ1n) is 6.57. The molecule has 1 aromatic rings. The molecule has 1 fully saturated rings. The number of nitrogens with one attached hydrogen (secondary N) is 1. The number of amides is 1. The second kappa shape index (κ2) is 6.91. The van der Waals surface area contributed by atoms with Gasteiger partial charge in [-0.2, -0.15) is 0 Å². The van der Waals surface area contributed by atoms with Crippen LogP contribution in [0.3, 0.4) is 0 Å². The minimum absolute atomic E-state index is 0.0758. The first-order chi connectivity index (χ1) is 9.65. The average Bonchev–Trinajstić information content (AvgIpc) is 2.47. The van der Waals surface area contributed by atoms with Crippen LogP contribution in [-0.2, 0) is 14.3 Å². The maximum absolute atomic E-state index is 11.5. The summed E-state index contributed by atoms with van der Waals surface area (Å²) in [6.45, 7) is 3.16. The highest BCUT2D eigenvalue weighted by Crippen LogP contribution is 2.19. The SMILES string of the molecule is O=C([O-])CCC(=O)Nc1ccc(N2CCOCC2)cc1. The lowest BCUT2D eigenvalue weighted by Crippen LogP contribution is -2.36. The Kier molecular flexibility index (Phi) is 4.95. The van der Waals surface area contributed by atoms with Gasteiger partial charge < -0.3 is 24.9 Å². The van der Waals surface area contributed by atoms with Gasteiger partial charge in [0.05, 0.1) is 13.2 Å². The van der Waals surface area contributed by atoms with Crippen molar-refractivity contribution >= 4 is 23.3 Å². The molecule has 108 valence electrons. The number of carbonyl (C=O) groups excluding carboxylic acids is 2. The van der Waals surface area contributed by atoms with Gasteiger partial charge in [-0.25, -0.2) is 0 Å². The number of benzene rings is 1. The molecule has 1 N–H and O–H groups in total. The third-order valence-corrected chi connectivity index (χ3v) is 3.08. The molecule has 0 aliphatic carbocycles. The molecule has 6 heteroatoms. The zero-order valence-corrected chi connectivity index (χ0v) is 11.1. The number of carboxylic acids is 1. The van der Waals surface area contributed by atoms with Crippen molar-refractivity contribution < 1.29 is 19.4 Å². The minimum Gasteiger partial charge on any atom is -0.550 e. The topological polar surface area (TPSA) is 81.7 Å². The molecule has 0 radical (unpaired) electrons. The van der Waals surface area contributed by atoms with E-state index in [-0.39, 0.29) is 18.7 Å². The molecule has 1 aromatic carbocycles. The normalized spacial score (nSPS) is 14.9. The monoisotopic (exact) mass is 277 g/mol. The molecule has 2 rings (SSSR count). The van der Waals surface area contributed by atoms with E-state index in [1.807, 2.05) is 24.3 Å². The fourth-order valence-corrected chi connectivity index (χ4v) is 2.02. The van der Waals surface area contributed by atoms with Crippen LogP contribution in [0.1, 0.15) is 12.8 Å². The van der Waals surface area contributed by atoms with Crippen molar-refractivity contribution in [3.05, 3.63) is 24.3 Å². The Morgan fingerprint density at radius 1 is 1.15 bits per heavy atom. The third kappa shape index (κ3) is 4.24. The molecule has 0 aromatic heterocycles. The van der Waals surface area contributed by atoms with Crippen LogP contribution in [-0.4, -0.2) is 38.2 Å². The highest BCUT2D eigenvalue weighted by molar-refractivity contribution is 5.92. The summed E-state index contributed by atoms with van der Waals surface area (Å²) in [5.74, 6) is -1.55. The van der Waals surface area contributed by atoms with Gasteiger partial charge in [0.25, 0.3) is 0 Å². The second-order valence-corrected chi connectivity index (χ2v) is 4.57. The fraction of sp³-hybridized carbons (Fsp3) is 0.429. The molecule has 0 unspecified atom stereocenters. The van der Waals surface area contributed by atoms with Gasteiger partial charge in [-0.3, -0.25) is 4.79 Å². The number of anilines is 2. The number of morpholine rings is 1. The lowest BCUT2D eigenvalue weighted by Gasteiger charge is -2.28. The maximum atomic E-state index is 11.5. The van der Waals surface area contributed by atoms with Crippen LogP contribution in [0.4, 0.5) is 11.4 Å². The largest absolute Gasteiger partial charge is 0.550 e. The van der Waals surface area contributed by atoms with E-state index >= 15 is 0 Å². The van der Waals surface area contributed by atoms with Gasteiger partial charge in [-0.1, -0.05) is 0 Å². The molecule has 1 aliphatic heterocycles. The van der Waals surface area contributed by atoms with E-state index in [2.05, 4.69) is 10.2 Å². The predicted octanol–water partition coefficient (Wildman–Crippen LogP) is -0.00820. The van der Waals surface area contributed by atoms with Gasteiger partial charge >= 0.3 is 0 Å². The van der Waals surface area contributed by atoms with Crippen molar-refractivity contribution in [3.63, 3.8) is 0 Å². The van der Waals surface area contributed by atoms with E-state index in [0.717, 1.165) is 32.0 Å². The number of aliphatic carboxylic acids is 1. The molecule has 6 nitrogen and oxygen atoms in total. The molecular weight excluding hydrogens is 260 g/mol. The summed E-state index contributed by atoms with van der Waals surface area (Å²) in [6.07, 6.45) is -0.342. The van der Waals surface area contributed by atoms with Gasteiger partial charge in [0.2, 0.25) is 5.91 Å². The van der Waals surface area contributed by atoms with Crippen LogP contribution in [0.2, 0.25) is 0 Å². The number of carboxylic acid groups (broad SMARTS) is 1. The standard InChI is InChI=1S/C14H18N2O4/c17-13(5-6-14(18)19)15-11-1-3-12(4-2-11)16-7-9-20-10-8-16/h1-4H,5-10H2,(H,15,17)(H,18,19)/p-1. The van der Waals surface area contributed by atoms with Crippen LogP contribution in [0.15, 0.2) is 24.3 Å². The average molecular weight is 277 g/mol. The molecular formula is C14H17N2O4-. The number of nitrogens with zero attached hydrogens (tertiary/aromatic N) is 1.